The molecule has 0 aromatic heterocycles. The molecule has 4 nitrogen and oxygen atoms in total. The van der Waals surface area contributed by atoms with Gasteiger partial charge in [0.1, 0.15) is 6.54 Å². The van der Waals surface area contributed by atoms with Crippen LogP contribution in [0.25, 0.3) is 6.08 Å². The number of carbonyl (C=O) groups excluding carboxylic acids is 2. The average Bonchev–Trinajstić information content (AvgIpc) is 2.77. The Morgan fingerprint density at radius 3 is 2.44 bits per heavy atom. The van der Waals surface area contributed by atoms with E-state index in [-0.39, 0.29) is 24.4 Å². The number of thioether (sulfide) groups is 1. The minimum atomic E-state index is -4.41. The first-order valence-corrected chi connectivity index (χ1v) is 11.4. The number of anilines is 1. The highest BCUT2D eigenvalue weighted by atomic mass is 32.2. The minimum Gasteiger partial charge on any atom is -0.352 e. The number of hydrogen-bond acceptors (Lipinski definition) is 3. The van der Waals surface area contributed by atoms with E-state index >= 15 is 0 Å². The number of nitrogens with zero attached hydrogens (tertiary/aromatic N) is 1. The summed E-state index contributed by atoms with van der Waals surface area (Å²) in [6, 6.07) is 12.1. The van der Waals surface area contributed by atoms with Crippen LogP contribution in [0, 0.1) is 0 Å². The molecule has 1 saturated carbocycles. The van der Waals surface area contributed by atoms with Gasteiger partial charge in [-0.05, 0) is 48.7 Å². The molecule has 1 heterocycles. The summed E-state index contributed by atoms with van der Waals surface area (Å²) in [4.78, 5) is 28.5. The Bertz CT molecular complexity index is 1030. The molecule has 0 saturated heterocycles. The van der Waals surface area contributed by atoms with Crippen LogP contribution in [0.2, 0.25) is 0 Å². The standard InChI is InChI=1S/C24H23F3N2O2S/c25-24(26,27)17-12-10-16(11-13-17)14-21-23(31)29(19-8-4-5-9-20(19)32-21)15-22(30)28-18-6-2-1-3-7-18/h4-5,8-14,18H,1-3,6-7,15H2,(H,28,30)/b21-14+. The molecule has 0 radical (unpaired) electrons. The normalized spacial score (nSPS) is 18.5. The molecular formula is C24H23F3N2O2S. The highest BCUT2D eigenvalue weighted by Crippen LogP contribution is 2.42. The van der Waals surface area contributed by atoms with Crippen LogP contribution in [0.4, 0.5) is 18.9 Å². The third kappa shape index (κ3) is 5.18. The molecule has 2 aliphatic rings. The summed E-state index contributed by atoms with van der Waals surface area (Å²) >= 11 is 1.25. The first-order chi connectivity index (χ1) is 15.3. The first kappa shape index (κ1) is 22.5. The molecular weight excluding hydrogens is 437 g/mol. The maximum Gasteiger partial charge on any atom is 0.416 e. The highest BCUT2D eigenvalue weighted by Gasteiger charge is 2.32. The molecule has 168 valence electrons. The molecule has 32 heavy (non-hydrogen) atoms. The molecule has 2 aromatic carbocycles. The fourth-order valence-corrected chi connectivity index (χ4v) is 5.06. The van der Waals surface area contributed by atoms with E-state index in [0.717, 1.165) is 42.7 Å². The van der Waals surface area contributed by atoms with E-state index < -0.39 is 11.7 Å². The van der Waals surface area contributed by atoms with Crippen LogP contribution in [-0.2, 0) is 15.8 Å². The summed E-state index contributed by atoms with van der Waals surface area (Å²) in [6.45, 7) is -0.0999. The monoisotopic (exact) mass is 460 g/mol. The molecule has 0 spiro atoms. The number of rotatable bonds is 4. The van der Waals surface area contributed by atoms with Gasteiger partial charge < -0.3 is 5.32 Å². The van der Waals surface area contributed by atoms with E-state index in [1.165, 1.54) is 35.2 Å². The van der Waals surface area contributed by atoms with Gasteiger partial charge in [0.15, 0.2) is 0 Å². The summed E-state index contributed by atoms with van der Waals surface area (Å²) < 4.78 is 38.5. The zero-order valence-corrected chi connectivity index (χ0v) is 18.1. The Morgan fingerprint density at radius 2 is 1.75 bits per heavy atom. The van der Waals surface area contributed by atoms with Crippen molar-refractivity contribution in [3.63, 3.8) is 0 Å². The van der Waals surface area contributed by atoms with E-state index in [9.17, 15) is 22.8 Å². The second kappa shape index (κ2) is 9.40. The van der Waals surface area contributed by atoms with Gasteiger partial charge in [-0.25, -0.2) is 0 Å². The molecule has 4 rings (SSSR count). The third-order valence-corrected chi connectivity index (χ3v) is 6.72. The van der Waals surface area contributed by atoms with Gasteiger partial charge in [-0.2, -0.15) is 13.2 Å². The number of para-hydroxylation sites is 1. The van der Waals surface area contributed by atoms with Crippen LogP contribution in [0.5, 0.6) is 0 Å². The van der Waals surface area contributed by atoms with Crippen molar-refractivity contribution in [2.45, 2.75) is 49.2 Å². The molecule has 0 atom stereocenters. The van der Waals surface area contributed by atoms with E-state index in [1.807, 2.05) is 18.2 Å². The van der Waals surface area contributed by atoms with E-state index in [2.05, 4.69) is 5.32 Å². The van der Waals surface area contributed by atoms with Gasteiger partial charge in [0.2, 0.25) is 5.91 Å². The first-order valence-electron chi connectivity index (χ1n) is 10.6. The quantitative estimate of drug-likeness (QED) is 0.602. The predicted molar refractivity (Wildman–Crippen MR) is 119 cm³/mol. The van der Waals surface area contributed by atoms with Crippen molar-refractivity contribution in [2.75, 3.05) is 11.4 Å². The lowest BCUT2D eigenvalue weighted by molar-refractivity contribution is -0.137. The van der Waals surface area contributed by atoms with Gasteiger partial charge in [-0.15, -0.1) is 0 Å². The van der Waals surface area contributed by atoms with Gasteiger partial charge in [0.05, 0.1) is 16.2 Å². The smallest absolute Gasteiger partial charge is 0.352 e. The maximum atomic E-state index is 13.2. The van der Waals surface area contributed by atoms with Gasteiger partial charge in [0, 0.05) is 10.9 Å². The lowest BCUT2D eigenvalue weighted by Crippen LogP contribution is -2.46. The average molecular weight is 461 g/mol. The summed E-state index contributed by atoms with van der Waals surface area (Å²) in [7, 11) is 0. The van der Waals surface area contributed by atoms with Crippen LogP contribution < -0.4 is 10.2 Å². The zero-order valence-electron chi connectivity index (χ0n) is 17.3. The summed E-state index contributed by atoms with van der Waals surface area (Å²) in [5.74, 6) is -0.548. The molecule has 0 bridgehead atoms. The van der Waals surface area contributed by atoms with Crippen molar-refractivity contribution >= 4 is 35.3 Å². The Kier molecular flexibility index (Phi) is 6.60. The number of halogens is 3. The fraction of sp³-hybridized carbons (Fsp3) is 0.333. The third-order valence-electron chi connectivity index (χ3n) is 5.64. The largest absolute Gasteiger partial charge is 0.416 e. The number of carbonyl (C=O) groups is 2. The van der Waals surface area contributed by atoms with Crippen LogP contribution in [0.1, 0.15) is 43.2 Å². The van der Waals surface area contributed by atoms with Crippen LogP contribution >= 0.6 is 11.8 Å². The Labute approximate surface area is 188 Å². The van der Waals surface area contributed by atoms with E-state index in [4.69, 9.17) is 0 Å². The lowest BCUT2D eigenvalue weighted by atomic mass is 9.95. The number of fused-ring (bicyclic) bond motifs is 1. The van der Waals surface area contributed by atoms with Crippen molar-refractivity contribution in [2.24, 2.45) is 0 Å². The van der Waals surface area contributed by atoms with Crippen LogP contribution in [-0.4, -0.2) is 24.4 Å². The molecule has 0 unspecified atom stereocenters. The van der Waals surface area contributed by atoms with Gasteiger partial charge in [-0.3, -0.25) is 14.5 Å². The molecule has 1 N–H and O–H groups in total. The topological polar surface area (TPSA) is 49.4 Å². The van der Waals surface area contributed by atoms with Crippen molar-refractivity contribution < 1.29 is 22.8 Å². The second-order valence-electron chi connectivity index (χ2n) is 7.99. The van der Waals surface area contributed by atoms with Gasteiger partial charge >= 0.3 is 6.18 Å². The van der Waals surface area contributed by atoms with E-state index in [0.29, 0.717) is 16.2 Å². The molecule has 8 heteroatoms. The highest BCUT2D eigenvalue weighted by molar-refractivity contribution is 8.04. The molecule has 1 aliphatic carbocycles. The van der Waals surface area contributed by atoms with Crippen molar-refractivity contribution in [1.29, 1.82) is 0 Å². The van der Waals surface area contributed by atoms with Crippen molar-refractivity contribution in [1.82, 2.24) is 5.32 Å². The lowest BCUT2D eigenvalue weighted by Gasteiger charge is -2.31. The summed E-state index contributed by atoms with van der Waals surface area (Å²) in [5.41, 5.74) is 0.402. The van der Waals surface area contributed by atoms with Gasteiger partial charge in [0.25, 0.3) is 5.91 Å². The Balaban J connectivity index is 1.56. The van der Waals surface area contributed by atoms with E-state index in [1.54, 1.807) is 12.1 Å². The SMILES string of the molecule is O=C(CN1C(=O)/C(=C\c2ccc(C(F)(F)F)cc2)Sc2ccccc21)NC1CCCCC1. The van der Waals surface area contributed by atoms with Gasteiger partial charge in [-0.1, -0.05) is 55.3 Å². The molecule has 1 aliphatic heterocycles. The second-order valence-corrected chi connectivity index (χ2v) is 9.08. The van der Waals surface area contributed by atoms with Crippen molar-refractivity contribution in [3.05, 3.63) is 64.6 Å². The Morgan fingerprint density at radius 1 is 1.06 bits per heavy atom. The number of hydrogen-bond donors (Lipinski definition) is 1. The number of amides is 2. The number of alkyl halides is 3. The number of benzene rings is 2. The van der Waals surface area contributed by atoms with Crippen LogP contribution in [0.3, 0.4) is 0 Å². The predicted octanol–water partition coefficient (Wildman–Crippen LogP) is 5.63. The summed E-state index contributed by atoms with van der Waals surface area (Å²) in [6.07, 6.45) is 2.41. The Hall–Kier alpha value is -2.74. The number of nitrogens with one attached hydrogen (secondary N) is 1. The fourth-order valence-electron chi connectivity index (χ4n) is 4.00. The molecule has 1 fully saturated rings. The molecule has 2 aromatic rings. The maximum absolute atomic E-state index is 13.2. The minimum absolute atomic E-state index is 0.0999. The molecule has 2 amide bonds. The van der Waals surface area contributed by atoms with Crippen molar-refractivity contribution in [3.8, 4) is 0 Å². The van der Waals surface area contributed by atoms with Crippen LogP contribution in [0.15, 0.2) is 58.3 Å². The summed E-state index contributed by atoms with van der Waals surface area (Å²) in [5, 5.41) is 3.04. The zero-order chi connectivity index (χ0) is 22.7.